The molecular weight excluding hydrogens is 181 g/mol. The Hall–Kier alpha value is -1.09. The normalized spacial score (nSPS) is 24.6. The van der Waals surface area contributed by atoms with Crippen LogP contribution in [0.1, 0.15) is 24.1 Å². The molecule has 2 nitrogen and oxygen atoms in total. The Morgan fingerprint density at radius 1 is 1.43 bits per heavy atom. The number of likely N-dealkylation sites (N-methyl/N-ethyl adjacent to an activating group) is 1. The summed E-state index contributed by atoms with van der Waals surface area (Å²) >= 11 is 0. The second-order valence-electron chi connectivity index (χ2n) is 3.73. The van der Waals surface area contributed by atoms with Crippen molar-refractivity contribution in [2.75, 3.05) is 7.05 Å². The molecule has 0 fully saturated rings. The van der Waals surface area contributed by atoms with Gasteiger partial charge in [-0.3, -0.25) is 0 Å². The molecular formula is C11H14FNO. The lowest BCUT2D eigenvalue weighted by Crippen LogP contribution is -2.25. The maximum atomic E-state index is 13.2. The molecule has 1 aromatic rings. The van der Waals surface area contributed by atoms with E-state index in [4.69, 9.17) is 4.74 Å². The number of benzene rings is 1. The zero-order chi connectivity index (χ0) is 10.3. The van der Waals surface area contributed by atoms with Gasteiger partial charge in [0, 0.05) is 11.6 Å². The summed E-state index contributed by atoms with van der Waals surface area (Å²) in [6, 6.07) is 3.50. The molecule has 1 heterocycles. The summed E-state index contributed by atoms with van der Waals surface area (Å²) in [6.07, 6.45) is 0.0659. The molecule has 3 heteroatoms. The molecule has 0 aliphatic carbocycles. The molecule has 0 saturated heterocycles. The molecule has 1 aromatic carbocycles. The van der Waals surface area contributed by atoms with Gasteiger partial charge in [-0.15, -0.1) is 0 Å². The van der Waals surface area contributed by atoms with Crippen LogP contribution in [0.5, 0.6) is 5.75 Å². The highest BCUT2D eigenvalue weighted by atomic mass is 19.1. The molecule has 2 rings (SSSR count). The van der Waals surface area contributed by atoms with Gasteiger partial charge in [-0.25, -0.2) is 4.39 Å². The second kappa shape index (κ2) is 3.24. The first-order valence-corrected chi connectivity index (χ1v) is 4.77. The van der Waals surface area contributed by atoms with Crippen molar-refractivity contribution in [1.82, 2.24) is 5.32 Å². The van der Waals surface area contributed by atoms with Crippen LogP contribution in [-0.4, -0.2) is 13.2 Å². The van der Waals surface area contributed by atoms with Gasteiger partial charge in [0.25, 0.3) is 0 Å². The Labute approximate surface area is 83.1 Å². The van der Waals surface area contributed by atoms with Crippen LogP contribution in [0.15, 0.2) is 12.1 Å². The van der Waals surface area contributed by atoms with Crippen molar-refractivity contribution in [2.24, 2.45) is 0 Å². The molecule has 2 atom stereocenters. The molecule has 0 bridgehead atoms. The minimum absolute atomic E-state index is 0.0659. The lowest BCUT2D eigenvalue weighted by Gasteiger charge is -2.13. The number of aryl methyl sites for hydroxylation is 1. The van der Waals surface area contributed by atoms with E-state index in [2.05, 4.69) is 5.32 Å². The summed E-state index contributed by atoms with van der Waals surface area (Å²) in [6.45, 7) is 3.75. The Kier molecular flexibility index (Phi) is 2.19. The predicted molar refractivity (Wildman–Crippen MR) is 53.0 cm³/mol. The molecule has 2 unspecified atom stereocenters. The third kappa shape index (κ3) is 1.28. The molecule has 1 aliphatic heterocycles. The Morgan fingerprint density at radius 2 is 2.14 bits per heavy atom. The molecule has 0 amide bonds. The van der Waals surface area contributed by atoms with Crippen LogP contribution < -0.4 is 10.1 Å². The van der Waals surface area contributed by atoms with Crippen molar-refractivity contribution in [3.05, 3.63) is 29.1 Å². The minimum atomic E-state index is -0.201. The maximum Gasteiger partial charge on any atom is 0.129 e. The van der Waals surface area contributed by atoms with Gasteiger partial charge < -0.3 is 10.1 Å². The monoisotopic (exact) mass is 195 g/mol. The topological polar surface area (TPSA) is 21.3 Å². The first kappa shape index (κ1) is 9.46. The zero-order valence-corrected chi connectivity index (χ0v) is 8.60. The molecule has 1 N–H and O–H groups in total. The van der Waals surface area contributed by atoms with Gasteiger partial charge in [-0.05, 0) is 32.5 Å². The van der Waals surface area contributed by atoms with E-state index in [0.29, 0.717) is 11.3 Å². The fourth-order valence-corrected chi connectivity index (χ4v) is 1.94. The van der Waals surface area contributed by atoms with Crippen LogP contribution in [0, 0.1) is 12.7 Å². The highest BCUT2D eigenvalue weighted by molar-refractivity contribution is 5.43. The van der Waals surface area contributed by atoms with Crippen molar-refractivity contribution >= 4 is 0 Å². The summed E-state index contributed by atoms with van der Waals surface area (Å²) in [7, 11) is 1.89. The lowest BCUT2D eigenvalue weighted by molar-refractivity contribution is 0.214. The summed E-state index contributed by atoms with van der Waals surface area (Å²) in [5.41, 5.74) is 1.72. The third-order valence-corrected chi connectivity index (χ3v) is 2.72. The average molecular weight is 195 g/mol. The number of ether oxygens (including phenoxy) is 1. The quantitative estimate of drug-likeness (QED) is 0.741. The van der Waals surface area contributed by atoms with Crippen LogP contribution in [0.25, 0.3) is 0 Å². The van der Waals surface area contributed by atoms with Crippen molar-refractivity contribution in [2.45, 2.75) is 26.0 Å². The van der Waals surface area contributed by atoms with E-state index in [0.717, 1.165) is 5.56 Å². The van der Waals surface area contributed by atoms with Gasteiger partial charge in [0.05, 0.1) is 6.04 Å². The highest BCUT2D eigenvalue weighted by Crippen LogP contribution is 2.37. The number of nitrogens with one attached hydrogen (secondary N) is 1. The largest absolute Gasteiger partial charge is 0.488 e. The fourth-order valence-electron chi connectivity index (χ4n) is 1.94. The average Bonchev–Trinajstić information content (AvgIpc) is 2.42. The molecule has 76 valence electrons. The molecule has 14 heavy (non-hydrogen) atoms. The summed E-state index contributed by atoms with van der Waals surface area (Å²) < 4.78 is 18.8. The SMILES string of the molecule is CNC1c2cc(C)c(F)cc2OC1C. The van der Waals surface area contributed by atoms with Gasteiger partial charge in [0.15, 0.2) is 0 Å². The van der Waals surface area contributed by atoms with Crippen molar-refractivity contribution in [3.8, 4) is 5.75 Å². The van der Waals surface area contributed by atoms with Gasteiger partial charge in [-0.2, -0.15) is 0 Å². The number of hydrogen-bond acceptors (Lipinski definition) is 2. The number of rotatable bonds is 1. The highest BCUT2D eigenvalue weighted by Gasteiger charge is 2.30. The third-order valence-electron chi connectivity index (χ3n) is 2.72. The van der Waals surface area contributed by atoms with Gasteiger partial charge in [0.2, 0.25) is 0 Å². The summed E-state index contributed by atoms with van der Waals surface area (Å²) in [5, 5.41) is 3.17. The second-order valence-corrected chi connectivity index (χ2v) is 3.73. The van der Waals surface area contributed by atoms with Crippen LogP contribution >= 0.6 is 0 Å². The van der Waals surface area contributed by atoms with E-state index in [9.17, 15) is 4.39 Å². The fraction of sp³-hybridized carbons (Fsp3) is 0.455. The van der Waals surface area contributed by atoms with Crippen LogP contribution in [0.3, 0.4) is 0 Å². The number of halogens is 1. The van der Waals surface area contributed by atoms with Crippen LogP contribution in [0.4, 0.5) is 4.39 Å². The van der Waals surface area contributed by atoms with Gasteiger partial charge >= 0.3 is 0 Å². The first-order valence-electron chi connectivity index (χ1n) is 4.77. The Morgan fingerprint density at radius 3 is 2.79 bits per heavy atom. The molecule has 1 aliphatic rings. The number of hydrogen-bond donors (Lipinski definition) is 1. The summed E-state index contributed by atoms with van der Waals surface area (Å²) in [5.74, 6) is 0.465. The first-order chi connectivity index (χ1) is 6.63. The van der Waals surface area contributed by atoms with E-state index in [1.807, 2.05) is 20.0 Å². The smallest absolute Gasteiger partial charge is 0.129 e. The Balaban J connectivity index is 2.49. The van der Waals surface area contributed by atoms with Crippen molar-refractivity contribution < 1.29 is 9.13 Å². The van der Waals surface area contributed by atoms with E-state index in [1.54, 1.807) is 6.92 Å². The summed E-state index contributed by atoms with van der Waals surface area (Å²) in [4.78, 5) is 0. The molecule has 0 saturated carbocycles. The van der Waals surface area contributed by atoms with E-state index in [-0.39, 0.29) is 18.0 Å². The van der Waals surface area contributed by atoms with Crippen LogP contribution in [-0.2, 0) is 0 Å². The Bertz CT molecular complexity index is 365. The minimum Gasteiger partial charge on any atom is -0.488 e. The lowest BCUT2D eigenvalue weighted by atomic mass is 10.0. The molecule has 0 radical (unpaired) electrons. The predicted octanol–water partition coefficient (Wildman–Crippen LogP) is 2.18. The standard InChI is InChI=1S/C11H14FNO/c1-6-4-8-10(5-9(6)12)14-7(2)11(8)13-3/h4-5,7,11,13H,1-3H3. The maximum absolute atomic E-state index is 13.2. The van der Waals surface area contributed by atoms with Crippen molar-refractivity contribution in [1.29, 1.82) is 0 Å². The number of fused-ring (bicyclic) bond motifs is 1. The van der Waals surface area contributed by atoms with Gasteiger partial charge in [0.1, 0.15) is 17.7 Å². The van der Waals surface area contributed by atoms with Crippen molar-refractivity contribution in [3.63, 3.8) is 0 Å². The molecule has 0 aromatic heterocycles. The van der Waals surface area contributed by atoms with E-state index >= 15 is 0 Å². The molecule has 0 spiro atoms. The van der Waals surface area contributed by atoms with Gasteiger partial charge in [-0.1, -0.05) is 0 Å². The van der Waals surface area contributed by atoms with E-state index in [1.165, 1.54) is 6.07 Å². The zero-order valence-electron chi connectivity index (χ0n) is 8.60. The van der Waals surface area contributed by atoms with E-state index < -0.39 is 0 Å². The van der Waals surface area contributed by atoms with Crippen LogP contribution in [0.2, 0.25) is 0 Å².